The molecule has 1 aromatic rings. The molecule has 4 N–H and O–H groups in total. The van der Waals surface area contributed by atoms with Gasteiger partial charge in [-0.15, -0.1) is 0 Å². The molecular weight excluding hydrogens is 242 g/mol. The molecule has 0 bridgehead atoms. The lowest BCUT2D eigenvalue weighted by atomic mass is 10.1. The molecule has 1 amide bonds. The zero-order valence-electron chi connectivity index (χ0n) is 11.0. The van der Waals surface area contributed by atoms with Crippen molar-refractivity contribution in [1.82, 2.24) is 10.3 Å². The summed E-state index contributed by atoms with van der Waals surface area (Å²) in [5, 5.41) is 12.9. The normalized spacial score (nSPS) is 23.7. The number of nitrogens with zero attached hydrogens (tertiary/aromatic N) is 1. The number of hydrogen-bond donors (Lipinski definition) is 3. The molecule has 1 fully saturated rings. The number of aromatic nitrogens is 1. The van der Waals surface area contributed by atoms with Gasteiger partial charge >= 0.3 is 0 Å². The molecule has 2 rings (SSSR count). The molecule has 2 unspecified atom stereocenters. The monoisotopic (exact) mass is 263 g/mol. The lowest BCUT2D eigenvalue weighted by molar-refractivity contribution is 0.0818. The minimum absolute atomic E-state index is 0.149. The Hall–Kier alpha value is -1.46. The van der Waals surface area contributed by atoms with Crippen molar-refractivity contribution in [2.24, 2.45) is 5.73 Å². The number of amides is 1. The molecule has 1 heterocycles. The quantitative estimate of drug-likeness (QED) is 0.709. The fourth-order valence-corrected chi connectivity index (χ4v) is 2.44. The largest absolute Gasteiger partial charge is 0.391 e. The maximum Gasteiger partial charge on any atom is 0.251 e. The predicted octanol–water partition coefficient (Wildman–Crippen LogP) is 0.964. The number of aliphatic hydroxyl groups excluding tert-OH is 1. The minimum Gasteiger partial charge on any atom is -0.391 e. The molecule has 1 aliphatic rings. The molecule has 0 spiro atoms. The maximum atomic E-state index is 12.1. The van der Waals surface area contributed by atoms with Crippen molar-refractivity contribution >= 4 is 5.91 Å². The van der Waals surface area contributed by atoms with Gasteiger partial charge in [-0.1, -0.05) is 19.3 Å². The average molecular weight is 263 g/mol. The number of carbonyl (C=O) groups is 1. The van der Waals surface area contributed by atoms with Gasteiger partial charge in [0.1, 0.15) is 0 Å². The summed E-state index contributed by atoms with van der Waals surface area (Å²) in [6, 6.07) is 3.21. The molecule has 104 valence electrons. The molecule has 1 aromatic heterocycles. The number of hydrogen-bond acceptors (Lipinski definition) is 4. The van der Waals surface area contributed by atoms with Crippen LogP contribution in [0, 0.1) is 0 Å². The van der Waals surface area contributed by atoms with Crippen molar-refractivity contribution in [3.63, 3.8) is 0 Å². The number of nitrogens with one attached hydrogen (secondary N) is 1. The second-order valence-corrected chi connectivity index (χ2v) is 5.03. The number of nitrogens with two attached hydrogens (primary N) is 1. The first-order chi connectivity index (χ1) is 9.20. The van der Waals surface area contributed by atoms with Crippen LogP contribution in [0.4, 0.5) is 0 Å². The Morgan fingerprint density at radius 3 is 3.00 bits per heavy atom. The topological polar surface area (TPSA) is 88.2 Å². The fourth-order valence-electron chi connectivity index (χ4n) is 2.44. The smallest absolute Gasteiger partial charge is 0.251 e. The Morgan fingerprint density at radius 1 is 1.42 bits per heavy atom. The Balaban J connectivity index is 2.02. The van der Waals surface area contributed by atoms with Crippen LogP contribution in [0.2, 0.25) is 0 Å². The van der Waals surface area contributed by atoms with Crippen LogP contribution in [-0.2, 0) is 6.54 Å². The zero-order valence-corrected chi connectivity index (χ0v) is 11.0. The SMILES string of the molecule is NCc1cc(C(=O)NC2CCCCCC2O)ccn1. The van der Waals surface area contributed by atoms with Crippen molar-refractivity contribution in [1.29, 1.82) is 0 Å². The molecule has 0 saturated heterocycles. The van der Waals surface area contributed by atoms with Crippen molar-refractivity contribution < 1.29 is 9.90 Å². The molecule has 1 saturated carbocycles. The third-order valence-electron chi connectivity index (χ3n) is 3.58. The highest BCUT2D eigenvalue weighted by molar-refractivity contribution is 5.94. The van der Waals surface area contributed by atoms with E-state index in [1.807, 2.05) is 0 Å². The highest BCUT2D eigenvalue weighted by Crippen LogP contribution is 2.18. The summed E-state index contributed by atoms with van der Waals surface area (Å²) >= 11 is 0. The van der Waals surface area contributed by atoms with Gasteiger partial charge in [0.05, 0.1) is 17.8 Å². The van der Waals surface area contributed by atoms with Crippen LogP contribution in [0.5, 0.6) is 0 Å². The Labute approximate surface area is 113 Å². The van der Waals surface area contributed by atoms with Crippen LogP contribution in [0.1, 0.15) is 48.2 Å². The number of aliphatic hydroxyl groups is 1. The predicted molar refractivity (Wildman–Crippen MR) is 72.5 cm³/mol. The molecule has 5 nitrogen and oxygen atoms in total. The van der Waals surface area contributed by atoms with Crippen LogP contribution in [0.25, 0.3) is 0 Å². The van der Waals surface area contributed by atoms with E-state index in [9.17, 15) is 9.90 Å². The first-order valence-electron chi connectivity index (χ1n) is 6.84. The third-order valence-corrected chi connectivity index (χ3v) is 3.58. The van der Waals surface area contributed by atoms with E-state index in [-0.39, 0.29) is 11.9 Å². The van der Waals surface area contributed by atoms with Gasteiger partial charge in [-0.25, -0.2) is 0 Å². The Morgan fingerprint density at radius 2 is 2.21 bits per heavy atom. The van der Waals surface area contributed by atoms with E-state index in [0.29, 0.717) is 17.8 Å². The summed E-state index contributed by atoms with van der Waals surface area (Å²) < 4.78 is 0. The summed E-state index contributed by atoms with van der Waals surface area (Å²) in [6.07, 6.45) is 5.93. The molecular formula is C14H21N3O2. The lowest BCUT2D eigenvalue weighted by Crippen LogP contribution is -2.42. The Bertz CT molecular complexity index is 436. The van der Waals surface area contributed by atoms with Crippen molar-refractivity contribution in [3.8, 4) is 0 Å². The molecule has 0 aliphatic heterocycles. The van der Waals surface area contributed by atoms with Gasteiger partial charge in [0, 0.05) is 18.3 Å². The summed E-state index contributed by atoms with van der Waals surface area (Å²) in [5.74, 6) is -0.164. The second kappa shape index (κ2) is 6.63. The number of rotatable bonds is 3. The zero-order chi connectivity index (χ0) is 13.7. The van der Waals surface area contributed by atoms with Crippen molar-refractivity contribution in [2.75, 3.05) is 0 Å². The fraction of sp³-hybridized carbons (Fsp3) is 0.571. The second-order valence-electron chi connectivity index (χ2n) is 5.03. The van der Waals surface area contributed by atoms with Crippen LogP contribution < -0.4 is 11.1 Å². The molecule has 2 atom stereocenters. The summed E-state index contributed by atoms with van der Waals surface area (Å²) in [7, 11) is 0. The Kier molecular flexibility index (Phi) is 4.87. The van der Waals surface area contributed by atoms with E-state index in [1.54, 1.807) is 18.3 Å². The van der Waals surface area contributed by atoms with Gasteiger partial charge in [-0.2, -0.15) is 0 Å². The number of carbonyl (C=O) groups excluding carboxylic acids is 1. The summed E-state index contributed by atoms with van der Waals surface area (Å²) in [6.45, 7) is 0.313. The lowest BCUT2D eigenvalue weighted by Gasteiger charge is -2.21. The summed E-state index contributed by atoms with van der Waals surface area (Å²) in [5.41, 5.74) is 6.75. The van der Waals surface area contributed by atoms with Crippen LogP contribution in [0.15, 0.2) is 18.3 Å². The number of pyridine rings is 1. The first kappa shape index (κ1) is 14.0. The van der Waals surface area contributed by atoms with E-state index < -0.39 is 6.10 Å². The van der Waals surface area contributed by atoms with Gasteiger partial charge < -0.3 is 16.2 Å². The average Bonchev–Trinajstić information content (AvgIpc) is 2.64. The van der Waals surface area contributed by atoms with Gasteiger partial charge in [-0.05, 0) is 25.0 Å². The molecule has 0 aromatic carbocycles. The van der Waals surface area contributed by atoms with Gasteiger partial charge in [0.2, 0.25) is 0 Å². The van der Waals surface area contributed by atoms with E-state index >= 15 is 0 Å². The summed E-state index contributed by atoms with van der Waals surface area (Å²) in [4.78, 5) is 16.2. The van der Waals surface area contributed by atoms with Crippen molar-refractivity contribution in [3.05, 3.63) is 29.6 Å². The van der Waals surface area contributed by atoms with E-state index in [2.05, 4.69) is 10.3 Å². The van der Waals surface area contributed by atoms with E-state index in [1.165, 1.54) is 0 Å². The molecule has 5 heteroatoms. The molecule has 1 aliphatic carbocycles. The highest BCUT2D eigenvalue weighted by atomic mass is 16.3. The first-order valence-corrected chi connectivity index (χ1v) is 6.84. The van der Waals surface area contributed by atoms with Gasteiger partial charge in [0.15, 0.2) is 0 Å². The van der Waals surface area contributed by atoms with Crippen LogP contribution in [0.3, 0.4) is 0 Å². The molecule has 0 radical (unpaired) electrons. The standard InChI is InChI=1S/C14H21N3O2/c15-9-11-8-10(6-7-16-11)14(19)17-12-4-2-1-3-5-13(12)18/h6-8,12-13,18H,1-5,9,15H2,(H,17,19). The van der Waals surface area contributed by atoms with E-state index in [0.717, 1.165) is 32.1 Å². The van der Waals surface area contributed by atoms with E-state index in [4.69, 9.17) is 5.73 Å². The maximum absolute atomic E-state index is 12.1. The minimum atomic E-state index is -0.442. The van der Waals surface area contributed by atoms with Gasteiger partial charge in [0.25, 0.3) is 5.91 Å². The third kappa shape index (κ3) is 3.75. The highest BCUT2D eigenvalue weighted by Gasteiger charge is 2.23. The van der Waals surface area contributed by atoms with Crippen LogP contribution in [-0.4, -0.2) is 28.1 Å². The van der Waals surface area contributed by atoms with Gasteiger partial charge in [-0.3, -0.25) is 9.78 Å². The molecule has 19 heavy (non-hydrogen) atoms. The van der Waals surface area contributed by atoms with Crippen molar-refractivity contribution in [2.45, 2.75) is 50.8 Å². The van der Waals surface area contributed by atoms with Crippen LogP contribution >= 0.6 is 0 Å².